The van der Waals surface area contributed by atoms with Crippen molar-refractivity contribution in [2.24, 2.45) is 5.10 Å². The third-order valence-corrected chi connectivity index (χ3v) is 3.21. The molecule has 1 aliphatic rings. The number of carbonyl (C=O) groups is 1. The molecular formula is C11H12F3N5O5. The predicted molar refractivity (Wildman–Crippen MR) is 71.0 cm³/mol. The Morgan fingerprint density at radius 3 is 2.67 bits per heavy atom. The molecule has 0 aromatic carbocycles. The Kier molecular flexibility index (Phi) is 4.22. The molecule has 1 atom stereocenters. The van der Waals surface area contributed by atoms with Crippen molar-refractivity contribution < 1.29 is 32.7 Å². The van der Waals surface area contributed by atoms with Crippen LogP contribution in [0.3, 0.4) is 0 Å². The lowest BCUT2D eigenvalue weighted by Crippen LogP contribution is -2.57. The average Bonchev–Trinajstić information content (AvgIpc) is 2.99. The number of rotatable bonds is 4. The van der Waals surface area contributed by atoms with Crippen LogP contribution in [0.1, 0.15) is 13.3 Å². The molecule has 0 spiro atoms. The number of carbonyl (C=O) groups excluding carboxylic acids is 1. The second kappa shape index (κ2) is 5.74. The van der Waals surface area contributed by atoms with E-state index in [2.05, 4.69) is 14.9 Å². The fraction of sp³-hybridized carbons (Fsp3) is 0.545. The Labute approximate surface area is 132 Å². The molecule has 1 amide bonds. The SMILES string of the molecule is COc1nn(CC(=O)N2N=C(C)C[C@@]2(O)C(F)(F)F)cc1[N+](=O)[O-]. The van der Waals surface area contributed by atoms with Crippen LogP contribution in [0.25, 0.3) is 0 Å². The van der Waals surface area contributed by atoms with Crippen molar-refractivity contribution in [2.45, 2.75) is 31.8 Å². The van der Waals surface area contributed by atoms with Gasteiger partial charge < -0.3 is 9.84 Å². The molecule has 132 valence electrons. The van der Waals surface area contributed by atoms with Crippen LogP contribution in [0.4, 0.5) is 18.9 Å². The number of hydrogen-bond acceptors (Lipinski definition) is 7. The predicted octanol–water partition coefficient (Wildman–Crippen LogP) is 0.659. The summed E-state index contributed by atoms with van der Waals surface area (Å²) in [6, 6.07) is 0. The number of aliphatic hydroxyl groups is 1. The zero-order chi connectivity index (χ0) is 18.3. The number of nitrogens with zero attached hydrogens (tertiary/aromatic N) is 5. The molecule has 24 heavy (non-hydrogen) atoms. The molecule has 0 bridgehead atoms. The van der Waals surface area contributed by atoms with Crippen molar-refractivity contribution in [3.63, 3.8) is 0 Å². The first-order valence-electron chi connectivity index (χ1n) is 6.41. The number of methoxy groups -OCH3 is 1. The van der Waals surface area contributed by atoms with Gasteiger partial charge in [-0.15, -0.1) is 5.10 Å². The van der Waals surface area contributed by atoms with Crippen LogP contribution in [0, 0.1) is 10.1 Å². The molecule has 0 fully saturated rings. The summed E-state index contributed by atoms with van der Waals surface area (Å²) in [6.07, 6.45) is -5.18. The van der Waals surface area contributed by atoms with Crippen LogP contribution in [0.2, 0.25) is 0 Å². The van der Waals surface area contributed by atoms with E-state index >= 15 is 0 Å². The minimum atomic E-state index is -5.13. The number of nitro groups is 1. The van der Waals surface area contributed by atoms with E-state index < -0.39 is 47.3 Å². The largest absolute Gasteiger partial charge is 0.475 e. The van der Waals surface area contributed by atoms with Crippen molar-refractivity contribution in [1.29, 1.82) is 0 Å². The van der Waals surface area contributed by atoms with Gasteiger partial charge in [0.15, 0.2) is 0 Å². The Morgan fingerprint density at radius 1 is 1.58 bits per heavy atom. The Bertz CT molecular complexity index is 715. The van der Waals surface area contributed by atoms with Crippen molar-refractivity contribution in [3.8, 4) is 5.88 Å². The highest BCUT2D eigenvalue weighted by Gasteiger charge is 2.62. The molecule has 1 aromatic heterocycles. The summed E-state index contributed by atoms with van der Waals surface area (Å²) in [7, 11) is 1.11. The first-order valence-corrected chi connectivity index (χ1v) is 6.41. The highest BCUT2D eigenvalue weighted by atomic mass is 19.4. The number of hydrazone groups is 1. The van der Waals surface area contributed by atoms with Crippen LogP contribution >= 0.6 is 0 Å². The Balaban J connectivity index is 2.27. The highest BCUT2D eigenvalue weighted by Crippen LogP contribution is 2.40. The van der Waals surface area contributed by atoms with E-state index in [-0.39, 0.29) is 10.7 Å². The maximum Gasteiger partial charge on any atom is 0.438 e. The van der Waals surface area contributed by atoms with Gasteiger partial charge in [0.1, 0.15) is 12.7 Å². The molecule has 0 saturated heterocycles. The lowest BCUT2D eigenvalue weighted by Gasteiger charge is -2.32. The molecule has 1 aromatic rings. The fourth-order valence-corrected chi connectivity index (χ4v) is 2.15. The normalized spacial score (nSPS) is 20.9. The van der Waals surface area contributed by atoms with Gasteiger partial charge in [-0.1, -0.05) is 0 Å². The van der Waals surface area contributed by atoms with Gasteiger partial charge in [0.25, 0.3) is 11.6 Å². The quantitative estimate of drug-likeness (QED) is 0.628. The third-order valence-electron chi connectivity index (χ3n) is 3.21. The summed E-state index contributed by atoms with van der Waals surface area (Å²) in [5.41, 5.74) is -4.11. The molecule has 0 saturated carbocycles. The second-order valence-corrected chi connectivity index (χ2v) is 5.01. The van der Waals surface area contributed by atoms with Crippen LogP contribution in [0.5, 0.6) is 5.88 Å². The van der Waals surface area contributed by atoms with Crippen molar-refractivity contribution in [2.75, 3.05) is 7.11 Å². The summed E-state index contributed by atoms with van der Waals surface area (Å²) >= 11 is 0. The van der Waals surface area contributed by atoms with Gasteiger partial charge >= 0.3 is 17.7 Å². The Hall–Kier alpha value is -2.70. The van der Waals surface area contributed by atoms with E-state index in [0.29, 0.717) is 0 Å². The zero-order valence-electron chi connectivity index (χ0n) is 12.4. The average molecular weight is 351 g/mol. The van der Waals surface area contributed by atoms with Gasteiger partial charge in [-0.25, -0.2) is 0 Å². The number of ether oxygens (including phenoxy) is 1. The molecule has 13 heteroatoms. The molecule has 10 nitrogen and oxygen atoms in total. The summed E-state index contributed by atoms with van der Waals surface area (Å²) in [4.78, 5) is 22.0. The number of hydrogen-bond donors (Lipinski definition) is 1. The minimum Gasteiger partial charge on any atom is -0.475 e. The van der Waals surface area contributed by atoms with E-state index in [1.807, 2.05) is 0 Å². The molecule has 0 unspecified atom stereocenters. The topological polar surface area (TPSA) is 123 Å². The lowest BCUT2D eigenvalue weighted by atomic mass is 10.1. The minimum absolute atomic E-state index is 0.0810. The molecular weight excluding hydrogens is 339 g/mol. The molecule has 2 heterocycles. The van der Waals surface area contributed by atoms with Gasteiger partial charge in [0.05, 0.1) is 12.0 Å². The summed E-state index contributed by atoms with van der Waals surface area (Å²) < 4.78 is 44.5. The van der Waals surface area contributed by atoms with Crippen molar-refractivity contribution >= 4 is 17.3 Å². The number of alkyl halides is 3. The van der Waals surface area contributed by atoms with E-state index in [0.717, 1.165) is 18.0 Å². The van der Waals surface area contributed by atoms with Gasteiger partial charge in [0.2, 0.25) is 0 Å². The van der Waals surface area contributed by atoms with E-state index in [1.165, 1.54) is 6.92 Å². The maximum absolute atomic E-state index is 13.0. The number of amides is 1. The number of halogens is 3. The van der Waals surface area contributed by atoms with Crippen molar-refractivity contribution in [1.82, 2.24) is 14.8 Å². The van der Waals surface area contributed by atoms with Crippen LogP contribution in [-0.2, 0) is 11.3 Å². The third kappa shape index (κ3) is 2.89. The van der Waals surface area contributed by atoms with E-state index in [9.17, 15) is 33.2 Å². The van der Waals surface area contributed by atoms with Crippen LogP contribution in [-0.4, -0.2) is 55.4 Å². The molecule has 1 aliphatic heterocycles. The van der Waals surface area contributed by atoms with Crippen molar-refractivity contribution in [3.05, 3.63) is 16.3 Å². The maximum atomic E-state index is 13.0. The summed E-state index contributed by atoms with van der Waals surface area (Å²) in [5, 5.41) is 27.5. The highest BCUT2D eigenvalue weighted by molar-refractivity contribution is 5.89. The van der Waals surface area contributed by atoms with E-state index in [1.54, 1.807) is 0 Å². The van der Waals surface area contributed by atoms with Gasteiger partial charge in [-0.2, -0.15) is 23.3 Å². The standard InChI is InChI=1S/C11H12F3N5O5/c1-6-3-10(21,11(12,13)14)18(15-6)8(20)5-17-4-7(19(22)23)9(16-17)24-2/h4,21H,3,5H2,1-2H3/t10-/m1/s1. The monoisotopic (exact) mass is 351 g/mol. The van der Waals surface area contributed by atoms with Gasteiger partial charge in [-0.05, 0) is 6.92 Å². The first kappa shape index (κ1) is 17.7. The Morgan fingerprint density at radius 2 is 2.21 bits per heavy atom. The summed E-state index contributed by atoms with van der Waals surface area (Å²) in [5.74, 6) is -1.65. The molecule has 2 rings (SSSR count). The molecule has 0 aliphatic carbocycles. The lowest BCUT2D eigenvalue weighted by molar-refractivity contribution is -0.385. The molecule has 1 N–H and O–H groups in total. The summed E-state index contributed by atoms with van der Waals surface area (Å²) in [6.45, 7) is 0.422. The second-order valence-electron chi connectivity index (χ2n) is 5.01. The zero-order valence-corrected chi connectivity index (χ0v) is 12.4. The smallest absolute Gasteiger partial charge is 0.438 e. The fourth-order valence-electron chi connectivity index (χ4n) is 2.15. The number of aromatic nitrogens is 2. The van der Waals surface area contributed by atoms with Gasteiger partial charge in [-0.3, -0.25) is 19.6 Å². The van der Waals surface area contributed by atoms with E-state index in [4.69, 9.17) is 0 Å². The first-order chi connectivity index (χ1) is 11.0. The van der Waals surface area contributed by atoms with Crippen LogP contribution in [0.15, 0.2) is 11.3 Å². The molecule has 0 radical (unpaired) electrons. The van der Waals surface area contributed by atoms with Crippen LogP contribution < -0.4 is 4.74 Å². The van der Waals surface area contributed by atoms with Gasteiger partial charge in [0, 0.05) is 12.1 Å².